The van der Waals surface area contributed by atoms with E-state index in [-0.39, 0.29) is 35.7 Å². The maximum absolute atomic E-state index is 14.2. The Morgan fingerprint density at radius 3 is 2.11 bits per heavy atom. The van der Waals surface area contributed by atoms with E-state index in [1.54, 1.807) is 11.1 Å². The first kappa shape index (κ1) is 45.1. The third kappa shape index (κ3) is 9.68. The lowest BCUT2D eigenvalue weighted by molar-refractivity contribution is -0.137. The van der Waals surface area contributed by atoms with Crippen LogP contribution in [0.4, 0.5) is 9.59 Å². The van der Waals surface area contributed by atoms with E-state index in [9.17, 15) is 19.2 Å². The number of unbranched alkanes of at least 4 members (excludes halogenated alkanes) is 2. The van der Waals surface area contributed by atoms with Crippen LogP contribution in [0.3, 0.4) is 0 Å². The number of ether oxygens (including phenoxy) is 3. The molecule has 5 aromatic rings. The summed E-state index contributed by atoms with van der Waals surface area (Å²) in [6, 6.07) is 16.7. The number of methoxy groups -OCH3 is 2. The van der Waals surface area contributed by atoms with Gasteiger partial charge in [0.25, 0.3) is 0 Å². The second-order valence-corrected chi connectivity index (χ2v) is 17.9. The van der Waals surface area contributed by atoms with Crippen molar-refractivity contribution in [1.29, 1.82) is 0 Å². The minimum Gasteiger partial charge on any atom is -0.453 e. The Hall–Kier alpha value is -5.96. The first-order valence-electron chi connectivity index (χ1n) is 22.3. The first-order valence-corrected chi connectivity index (χ1v) is 22.3. The van der Waals surface area contributed by atoms with Crippen LogP contribution in [-0.2, 0) is 23.8 Å². The van der Waals surface area contributed by atoms with E-state index in [4.69, 9.17) is 24.2 Å². The van der Waals surface area contributed by atoms with Crippen molar-refractivity contribution in [2.45, 2.75) is 110 Å². The smallest absolute Gasteiger partial charge is 0.407 e. The fourth-order valence-electron chi connectivity index (χ4n) is 9.03. The molecule has 5 atom stereocenters. The van der Waals surface area contributed by atoms with Gasteiger partial charge >= 0.3 is 12.2 Å². The molecule has 63 heavy (non-hydrogen) atoms. The molecule has 2 aliphatic rings. The van der Waals surface area contributed by atoms with Crippen LogP contribution < -0.4 is 10.6 Å². The topological polar surface area (TPSA) is 184 Å². The van der Waals surface area contributed by atoms with Gasteiger partial charge < -0.3 is 44.6 Å². The number of carbonyl (C=O) groups excluding carboxylic acids is 4. The van der Waals surface area contributed by atoms with Crippen LogP contribution in [0.25, 0.3) is 44.2 Å². The standard InChI is InChI=1S/C48H62N8O7/c1-9-10-11-23-63-48(6)25-38(56(27-48)45(58)40(29(4)5)54-47(60)62-8)42-49-26-36(51-42)31-16-14-30(15-17-31)32-18-20-34-33(24-32)19-21-35-41(34)52-43(50-35)37-13-12-22-55(37)44(57)39(28(2)3)53-46(59)61-7/h14-21,24,26,28-29,37-40H,9-13,22-23,25,27H2,1-8H3,(H,49,51)(H,50,52)(H,53,59)(H,54,60)/t37-,38-,39-,40-,48+/m0/s1. The Morgan fingerprint density at radius 2 is 1.46 bits per heavy atom. The third-order valence-corrected chi connectivity index (χ3v) is 12.5. The van der Waals surface area contributed by atoms with Crippen molar-refractivity contribution in [3.05, 3.63) is 72.4 Å². The number of alkyl carbamates (subject to hydrolysis) is 2. The molecular formula is C48H62N8O7. The Labute approximate surface area is 369 Å². The van der Waals surface area contributed by atoms with Crippen LogP contribution in [0, 0.1) is 11.8 Å². The van der Waals surface area contributed by atoms with Gasteiger partial charge in [-0.25, -0.2) is 19.6 Å². The number of aromatic amines is 2. The summed E-state index contributed by atoms with van der Waals surface area (Å²) in [7, 11) is 2.58. The normalized spacial score (nSPS) is 19.8. The average molecular weight is 863 g/mol. The Kier molecular flexibility index (Phi) is 13.7. The highest BCUT2D eigenvalue weighted by Gasteiger charge is 2.48. The molecule has 7 rings (SSSR count). The number of rotatable bonds is 15. The van der Waals surface area contributed by atoms with Crippen molar-refractivity contribution < 1.29 is 33.4 Å². The molecule has 0 aliphatic carbocycles. The predicted octanol–water partition coefficient (Wildman–Crippen LogP) is 8.44. The summed E-state index contributed by atoms with van der Waals surface area (Å²) in [6.07, 6.45) is 5.80. The third-order valence-electron chi connectivity index (χ3n) is 12.5. The maximum atomic E-state index is 14.2. The van der Waals surface area contributed by atoms with Crippen LogP contribution in [0.1, 0.15) is 104 Å². The van der Waals surface area contributed by atoms with E-state index in [2.05, 4.69) is 76.1 Å². The quantitative estimate of drug-likeness (QED) is 0.0751. The molecule has 2 aliphatic heterocycles. The molecule has 0 saturated carbocycles. The lowest BCUT2D eigenvalue weighted by atomic mass is 9.99. The SMILES string of the molecule is CCCCCO[C@]1(C)C[C@@H](c2ncc(-c3ccc(-c4ccc5c(ccc6[nH]c([C@@H]7CCCN7C(=O)[C@@H](NC(=O)OC)C(C)C)nc65)c4)cc3)[nH]2)N(C(=O)[C@@H](NC(=O)OC)C(C)C)C1. The number of fused-ring (bicyclic) bond motifs is 3. The Morgan fingerprint density at radius 1 is 0.810 bits per heavy atom. The van der Waals surface area contributed by atoms with Crippen LogP contribution in [0.15, 0.2) is 60.8 Å². The fraction of sp³-hybridized carbons (Fsp3) is 0.500. The van der Waals surface area contributed by atoms with Crippen LogP contribution in [0.2, 0.25) is 0 Å². The van der Waals surface area contributed by atoms with Gasteiger partial charge in [-0.3, -0.25) is 9.59 Å². The molecule has 4 N–H and O–H groups in total. The van der Waals surface area contributed by atoms with E-state index >= 15 is 0 Å². The molecule has 2 fully saturated rings. The minimum absolute atomic E-state index is 0.117. The maximum Gasteiger partial charge on any atom is 0.407 e. The number of hydrogen-bond acceptors (Lipinski definition) is 9. The second-order valence-electron chi connectivity index (χ2n) is 17.9. The molecule has 0 bridgehead atoms. The largest absolute Gasteiger partial charge is 0.453 e. The zero-order chi connectivity index (χ0) is 45.0. The lowest BCUT2D eigenvalue weighted by Crippen LogP contribution is -2.52. The first-order chi connectivity index (χ1) is 30.2. The summed E-state index contributed by atoms with van der Waals surface area (Å²) in [6.45, 7) is 13.4. The van der Waals surface area contributed by atoms with Gasteiger partial charge in [0.2, 0.25) is 11.8 Å². The van der Waals surface area contributed by atoms with Gasteiger partial charge in [0.05, 0.1) is 61.4 Å². The summed E-state index contributed by atoms with van der Waals surface area (Å²) in [4.78, 5) is 72.7. The highest BCUT2D eigenvalue weighted by atomic mass is 16.5. The molecule has 0 unspecified atom stereocenters. The summed E-state index contributed by atoms with van der Waals surface area (Å²) in [5, 5.41) is 7.51. The molecule has 3 aromatic carbocycles. The molecule has 15 nitrogen and oxygen atoms in total. The molecule has 0 spiro atoms. The molecule has 336 valence electrons. The number of hydrogen-bond donors (Lipinski definition) is 4. The van der Waals surface area contributed by atoms with Crippen LogP contribution in [-0.4, -0.2) is 105 Å². The number of nitrogens with one attached hydrogen (secondary N) is 4. The van der Waals surface area contributed by atoms with E-state index in [1.165, 1.54) is 14.2 Å². The summed E-state index contributed by atoms with van der Waals surface area (Å²) < 4.78 is 16.1. The van der Waals surface area contributed by atoms with Gasteiger partial charge in [-0.05, 0) is 72.2 Å². The van der Waals surface area contributed by atoms with E-state index in [0.29, 0.717) is 31.9 Å². The van der Waals surface area contributed by atoms with Gasteiger partial charge in [-0.1, -0.05) is 89.9 Å². The van der Waals surface area contributed by atoms with Gasteiger partial charge in [-0.15, -0.1) is 0 Å². The highest BCUT2D eigenvalue weighted by molar-refractivity contribution is 6.05. The molecule has 2 saturated heterocycles. The van der Waals surface area contributed by atoms with Crippen molar-refractivity contribution >= 4 is 45.8 Å². The molecular weight excluding hydrogens is 801 g/mol. The zero-order valence-electron chi connectivity index (χ0n) is 37.7. The van der Waals surface area contributed by atoms with Gasteiger partial charge in [0.15, 0.2) is 0 Å². The molecule has 15 heteroatoms. The molecule has 2 aromatic heterocycles. The van der Waals surface area contributed by atoms with Crippen LogP contribution >= 0.6 is 0 Å². The molecule has 4 heterocycles. The van der Waals surface area contributed by atoms with Gasteiger partial charge in [-0.2, -0.15) is 0 Å². The molecule has 0 radical (unpaired) electrons. The van der Waals surface area contributed by atoms with Crippen LogP contribution in [0.5, 0.6) is 0 Å². The summed E-state index contributed by atoms with van der Waals surface area (Å²) in [5.41, 5.74) is 5.03. The number of likely N-dealkylation sites (tertiary alicyclic amines) is 2. The zero-order valence-corrected chi connectivity index (χ0v) is 37.7. The van der Waals surface area contributed by atoms with E-state index < -0.39 is 29.9 Å². The summed E-state index contributed by atoms with van der Waals surface area (Å²) in [5.74, 6) is 0.763. The van der Waals surface area contributed by atoms with Crippen molar-refractivity contribution in [2.24, 2.45) is 11.8 Å². The van der Waals surface area contributed by atoms with Gasteiger partial charge in [0.1, 0.15) is 23.7 Å². The minimum atomic E-state index is -0.774. The summed E-state index contributed by atoms with van der Waals surface area (Å²) >= 11 is 0. The Balaban J connectivity index is 1.09. The van der Waals surface area contributed by atoms with Crippen molar-refractivity contribution in [1.82, 2.24) is 40.4 Å². The monoisotopic (exact) mass is 862 g/mol. The second kappa shape index (κ2) is 19.2. The van der Waals surface area contributed by atoms with Gasteiger partial charge in [0, 0.05) is 25.0 Å². The number of benzene rings is 3. The number of H-pyrrole nitrogens is 2. The molecule has 4 amide bonds. The van der Waals surface area contributed by atoms with E-state index in [0.717, 1.165) is 82.1 Å². The lowest BCUT2D eigenvalue weighted by Gasteiger charge is -2.30. The number of amides is 4. The number of carbonyl (C=O) groups is 4. The highest BCUT2D eigenvalue weighted by Crippen LogP contribution is 2.41. The predicted molar refractivity (Wildman–Crippen MR) is 242 cm³/mol. The van der Waals surface area contributed by atoms with Crippen molar-refractivity contribution in [3.8, 4) is 22.4 Å². The van der Waals surface area contributed by atoms with Crippen molar-refractivity contribution in [3.63, 3.8) is 0 Å². The fourth-order valence-corrected chi connectivity index (χ4v) is 9.03. The number of aromatic nitrogens is 4. The average Bonchev–Trinajstić information content (AvgIpc) is 4.11. The number of imidazole rings is 2. The number of nitrogens with zero attached hydrogens (tertiary/aromatic N) is 4. The van der Waals surface area contributed by atoms with E-state index in [1.807, 2.05) is 45.6 Å². The Bertz CT molecular complexity index is 2430. The van der Waals surface area contributed by atoms with Crippen molar-refractivity contribution in [2.75, 3.05) is 33.9 Å².